The van der Waals surface area contributed by atoms with Gasteiger partial charge < -0.3 is 4.74 Å². The first-order chi connectivity index (χ1) is 13.1. The van der Waals surface area contributed by atoms with Gasteiger partial charge in [0, 0.05) is 11.6 Å². The molecule has 0 saturated carbocycles. The maximum atomic E-state index is 14.1. The lowest BCUT2D eigenvalue weighted by Crippen LogP contribution is -2.09. The van der Waals surface area contributed by atoms with Crippen LogP contribution in [0.25, 0.3) is 16.9 Å². The van der Waals surface area contributed by atoms with Gasteiger partial charge in [-0.25, -0.2) is 22.8 Å². The summed E-state index contributed by atoms with van der Waals surface area (Å²) in [6, 6.07) is 7.41. The van der Waals surface area contributed by atoms with Crippen LogP contribution in [-0.2, 0) is 17.2 Å². The Morgan fingerprint density at radius 3 is 2.32 bits per heavy atom. The molecule has 11 heteroatoms. The molecule has 0 amide bonds. The SMILES string of the molecule is COc1ccc(-c2cc(C(F)(F)F)nn2-c2ccc(S(N)=O)c(F)c2)cc1F. The Labute approximate surface area is 158 Å². The highest BCUT2D eigenvalue weighted by atomic mass is 32.2. The van der Waals surface area contributed by atoms with Crippen LogP contribution in [0.1, 0.15) is 5.69 Å². The summed E-state index contributed by atoms with van der Waals surface area (Å²) in [7, 11) is -0.865. The highest BCUT2D eigenvalue weighted by molar-refractivity contribution is 7.82. The molecule has 2 aromatic carbocycles. The molecule has 1 unspecified atom stereocenters. The predicted molar refractivity (Wildman–Crippen MR) is 91.1 cm³/mol. The molecule has 0 fully saturated rings. The van der Waals surface area contributed by atoms with Gasteiger partial charge in [0.25, 0.3) is 0 Å². The van der Waals surface area contributed by atoms with Crippen molar-refractivity contribution < 1.29 is 30.9 Å². The fraction of sp³-hybridized carbons (Fsp3) is 0.118. The zero-order valence-corrected chi connectivity index (χ0v) is 14.9. The Morgan fingerprint density at radius 2 is 1.79 bits per heavy atom. The van der Waals surface area contributed by atoms with Crippen molar-refractivity contribution in [2.75, 3.05) is 7.11 Å². The molecule has 2 N–H and O–H groups in total. The van der Waals surface area contributed by atoms with Gasteiger partial charge in [0.05, 0.1) is 23.4 Å². The molecule has 0 radical (unpaired) electrons. The maximum absolute atomic E-state index is 14.1. The number of nitrogens with two attached hydrogens (primary N) is 1. The highest BCUT2D eigenvalue weighted by Crippen LogP contribution is 2.34. The molecule has 1 heterocycles. The van der Waals surface area contributed by atoms with Gasteiger partial charge in [-0.05, 0) is 36.4 Å². The zero-order chi connectivity index (χ0) is 20.6. The van der Waals surface area contributed by atoms with Crippen molar-refractivity contribution in [3.05, 3.63) is 59.8 Å². The van der Waals surface area contributed by atoms with Gasteiger partial charge in [0.1, 0.15) is 16.8 Å². The monoisotopic (exact) mass is 417 g/mol. The van der Waals surface area contributed by atoms with Gasteiger partial charge in [-0.2, -0.15) is 18.3 Å². The molecule has 0 aliphatic heterocycles. The summed E-state index contributed by atoms with van der Waals surface area (Å²) >= 11 is 0. The molecule has 3 rings (SSSR count). The average molecular weight is 417 g/mol. The minimum absolute atomic E-state index is 0.0631. The van der Waals surface area contributed by atoms with E-state index in [2.05, 4.69) is 5.10 Å². The van der Waals surface area contributed by atoms with E-state index in [-0.39, 0.29) is 27.6 Å². The molecular formula is C17H12F5N3O2S. The quantitative estimate of drug-likeness (QED) is 0.656. The third-order valence-corrected chi connectivity index (χ3v) is 4.59. The van der Waals surface area contributed by atoms with Crippen molar-refractivity contribution in [2.45, 2.75) is 11.1 Å². The minimum atomic E-state index is -4.78. The van der Waals surface area contributed by atoms with Crippen LogP contribution in [0, 0.1) is 11.6 Å². The lowest BCUT2D eigenvalue weighted by molar-refractivity contribution is -0.141. The van der Waals surface area contributed by atoms with Gasteiger partial charge >= 0.3 is 6.18 Å². The highest BCUT2D eigenvalue weighted by Gasteiger charge is 2.35. The molecule has 0 aliphatic carbocycles. The maximum Gasteiger partial charge on any atom is 0.435 e. The van der Waals surface area contributed by atoms with E-state index in [1.54, 1.807) is 0 Å². The second-order valence-corrected chi connectivity index (χ2v) is 6.62. The number of nitrogens with zero attached hydrogens (tertiary/aromatic N) is 2. The Kier molecular flexibility index (Phi) is 5.22. The third kappa shape index (κ3) is 3.76. The summed E-state index contributed by atoms with van der Waals surface area (Å²) in [6.45, 7) is 0. The summed E-state index contributed by atoms with van der Waals surface area (Å²) in [5.41, 5.74) is -1.40. The van der Waals surface area contributed by atoms with Crippen LogP contribution in [0.3, 0.4) is 0 Å². The number of aromatic nitrogens is 2. The van der Waals surface area contributed by atoms with Crippen molar-refractivity contribution in [3.8, 4) is 22.7 Å². The van der Waals surface area contributed by atoms with Crippen molar-refractivity contribution in [1.82, 2.24) is 9.78 Å². The van der Waals surface area contributed by atoms with Crippen molar-refractivity contribution in [1.29, 1.82) is 0 Å². The molecule has 0 aliphatic rings. The number of benzene rings is 2. The molecule has 28 heavy (non-hydrogen) atoms. The van der Waals surface area contributed by atoms with Crippen molar-refractivity contribution >= 4 is 11.0 Å². The van der Waals surface area contributed by atoms with E-state index in [1.165, 1.54) is 25.3 Å². The second kappa shape index (κ2) is 7.32. The summed E-state index contributed by atoms with van der Waals surface area (Å²) in [6.07, 6.45) is -4.78. The van der Waals surface area contributed by atoms with Crippen LogP contribution in [-0.4, -0.2) is 21.1 Å². The number of rotatable bonds is 4. The Morgan fingerprint density at radius 1 is 1.07 bits per heavy atom. The number of methoxy groups -OCH3 is 1. The summed E-state index contributed by atoms with van der Waals surface area (Å²) < 4.78 is 84.5. The Bertz CT molecular complexity index is 1070. The topological polar surface area (TPSA) is 70.1 Å². The summed E-state index contributed by atoms with van der Waals surface area (Å²) in [5.74, 6) is -1.86. The molecule has 3 aromatic rings. The van der Waals surface area contributed by atoms with Gasteiger partial charge in [0.15, 0.2) is 17.3 Å². The first-order valence-electron chi connectivity index (χ1n) is 7.59. The summed E-state index contributed by atoms with van der Waals surface area (Å²) in [5, 5.41) is 8.62. The average Bonchev–Trinajstić information content (AvgIpc) is 3.07. The van der Waals surface area contributed by atoms with E-state index in [0.29, 0.717) is 6.07 Å². The normalized spacial score (nSPS) is 12.8. The number of halogens is 5. The van der Waals surface area contributed by atoms with Gasteiger partial charge in [-0.3, -0.25) is 0 Å². The largest absolute Gasteiger partial charge is 0.494 e. The first-order valence-corrected chi connectivity index (χ1v) is 8.80. The van der Waals surface area contributed by atoms with E-state index >= 15 is 0 Å². The number of alkyl halides is 3. The van der Waals surface area contributed by atoms with Crippen molar-refractivity contribution in [2.24, 2.45) is 5.14 Å². The van der Waals surface area contributed by atoms with E-state index in [9.17, 15) is 26.2 Å². The van der Waals surface area contributed by atoms with Crippen LogP contribution in [0.4, 0.5) is 22.0 Å². The van der Waals surface area contributed by atoms with Gasteiger partial charge in [-0.1, -0.05) is 0 Å². The lowest BCUT2D eigenvalue weighted by atomic mass is 10.1. The predicted octanol–water partition coefficient (Wildman–Crippen LogP) is 3.83. The molecule has 148 valence electrons. The Hall–Kier alpha value is -2.79. The first kappa shape index (κ1) is 20.0. The molecular weight excluding hydrogens is 405 g/mol. The molecule has 5 nitrogen and oxygen atoms in total. The van der Waals surface area contributed by atoms with E-state index < -0.39 is 34.5 Å². The van der Waals surface area contributed by atoms with Gasteiger partial charge in [0.2, 0.25) is 0 Å². The molecule has 0 spiro atoms. The molecule has 0 saturated heterocycles. The third-order valence-electron chi connectivity index (χ3n) is 3.82. The molecule has 1 aromatic heterocycles. The second-order valence-electron chi connectivity index (χ2n) is 5.59. The molecule has 1 atom stereocenters. The van der Waals surface area contributed by atoms with Crippen LogP contribution in [0.2, 0.25) is 0 Å². The zero-order valence-electron chi connectivity index (χ0n) is 14.1. The fourth-order valence-corrected chi connectivity index (χ4v) is 2.99. The number of hydrogen-bond acceptors (Lipinski definition) is 3. The van der Waals surface area contributed by atoms with Crippen LogP contribution in [0.5, 0.6) is 5.75 Å². The van der Waals surface area contributed by atoms with Crippen molar-refractivity contribution in [3.63, 3.8) is 0 Å². The molecule has 0 bridgehead atoms. The fourth-order valence-electron chi connectivity index (χ4n) is 2.53. The minimum Gasteiger partial charge on any atom is -0.494 e. The van der Waals surface area contributed by atoms with E-state index in [1.807, 2.05) is 0 Å². The van der Waals surface area contributed by atoms with Crippen LogP contribution >= 0.6 is 0 Å². The Balaban J connectivity index is 2.21. The number of ether oxygens (including phenoxy) is 1. The number of hydrogen-bond donors (Lipinski definition) is 1. The summed E-state index contributed by atoms with van der Waals surface area (Å²) in [4.78, 5) is -0.316. The van der Waals surface area contributed by atoms with E-state index in [4.69, 9.17) is 9.88 Å². The van der Waals surface area contributed by atoms with Crippen LogP contribution in [0.15, 0.2) is 47.4 Å². The lowest BCUT2D eigenvalue weighted by Gasteiger charge is -2.10. The van der Waals surface area contributed by atoms with E-state index in [0.717, 1.165) is 22.9 Å². The smallest absolute Gasteiger partial charge is 0.435 e. The standard InChI is InChI=1S/C17H12F5N3O2S/c1-27-14-4-2-9(6-11(14)18)13-8-16(17(20,21)22)24-25(13)10-3-5-15(28(23)26)12(19)7-10/h2-8H,23H2,1H3. The van der Waals surface area contributed by atoms with Crippen LogP contribution < -0.4 is 9.88 Å². The van der Waals surface area contributed by atoms with Gasteiger partial charge in [-0.15, -0.1) is 0 Å².